The molecule has 176 valence electrons. The van der Waals surface area contributed by atoms with Gasteiger partial charge in [0.15, 0.2) is 0 Å². The Balaban J connectivity index is 1.45. The summed E-state index contributed by atoms with van der Waals surface area (Å²) in [6, 6.07) is 9.68. The molecule has 4 rings (SSSR count). The number of fused-ring (bicyclic) bond motifs is 1. The van der Waals surface area contributed by atoms with E-state index in [2.05, 4.69) is 15.8 Å². The van der Waals surface area contributed by atoms with E-state index in [1.54, 1.807) is 7.11 Å². The first-order chi connectivity index (χ1) is 15.7. The number of anilines is 1. The second-order valence-corrected chi connectivity index (χ2v) is 10.9. The standard InChI is InChI=1S/C22H26N4O5S2/c1-13-5-10-18(30-4)19-20(13)32-22(23-19)25-24-21(27)16-6-8-17(9-7-16)33(28,29)26-11-14(2)31-15(3)12-26/h5-10,14-15H,11-12H2,1-4H3,(H,23,25)(H,24,27). The molecule has 1 fully saturated rings. The van der Waals surface area contributed by atoms with Crippen LogP contribution in [0.4, 0.5) is 5.13 Å². The van der Waals surface area contributed by atoms with E-state index in [9.17, 15) is 13.2 Å². The summed E-state index contributed by atoms with van der Waals surface area (Å²) in [5.74, 6) is 0.252. The Labute approximate surface area is 196 Å². The van der Waals surface area contributed by atoms with Crippen molar-refractivity contribution in [2.75, 3.05) is 25.6 Å². The van der Waals surface area contributed by atoms with Crippen molar-refractivity contribution in [2.45, 2.75) is 37.9 Å². The monoisotopic (exact) mass is 490 g/mol. The molecule has 2 heterocycles. The molecular formula is C22H26N4O5S2. The van der Waals surface area contributed by atoms with Crippen molar-refractivity contribution in [1.82, 2.24) is 14.7 Å². The minimum atomic E-state index is -3.67. The number of rotatable bonds is 6. The maximum atomic E-state index is 13.0. The number of hydrazine groups is 1. The summed E-state index contributed by atoms with van der Waals surface area (Å²) in [5, 5.41) is 0.515. The highest BCUT2D eigenvalue weighted by atomic mass is 32.2. The number of benzene rings is 2. The van der Waals surface area contributed by atoms with Crippen LogP contribution in [0.2, 0.25) is 0 Å². The Morgan fingerprint density at radius 1 is 1.15 bits per heavy atom. The van der Waals surface area contributed by atoms with E-state index >= 15 is 0 Å². The molecule has 2 unspecified atom stereocenters. The molecule has 1 saturated heterocycles. The number of carbonyl (C=O) groups is 1. The van der Waals surface area contributed by atoms with E-state index in [-0.39, 0.29) is 17.1 Å². The van der Waals surface area contributed by atoms with Crippen molar-refractivity contribution >= 4 is 42.6 Å². The number of amides is 1. The summed E-state index contributed by atoms with van der Waals surface area (Å²) in [6.45, 7) is 6.27. The molecule has 2 atom stereocenters. The molecule has 0 radical (unpaired) electrons. The number of methoxy groups -OCH3 is 1. The van der Waals surface area contributed by atoms with E-state index in [1.165, 1.54) is 39.9 Å². The molecule has 3 aromatic rings. The van der Waals surface area contributed by atoms with Gasteiger partial charge in [0.2, 0.25) is 15.2 Å². The zero-order valence-electron chi connectivity index (χ0n) is 18.8. The number of sulfonamides is 1. The number of aromatic nitrogens is 1. The third-order valence-electron chi connectivity index (χ3n) is 5.35. The fourth-order valence-electron chi connectivity index (χ4n) is 3.76. The zero-order chi connectivity index (χ0) is 23.8. The average Bonchev–Trinajstić information content (AvgIpc) is 3.22. The van der Waals surface area contributed by atoms with Gasteiger partial charge in [0, 0.05) is 18.7 Å². The van der Waals surface area contributed by atoms with Crippen LogP contribution in [0, 0.1) is 6.92 Å². The highest BCUT2D eigenvalue weighted by Crippen LogP contribution is 2.34. The van der Waals surface area contributed by atoms with Crippen LogP contribution in [0.3, 0.4) is 0 Å². The Hall–Kier alpha value is -2.73. The lowest BCUT2D eigenvalue weighted by Gasteiger charge is -2.34. The third kappa shape index (κ3) is 4.81. The van der Waals surface area contributed by atoms with E-state index in [1.807, 2.05) is 32.9 Å². The molecule has 0 saturated carbocycles. The van der Waals surface area contributed by atoms with Crippen LogP contribution in [-0.2, 0) is 14.8 Å². The average molecular weight is 491 g/mol. The highest BCUT2D eigenvalue weighted by Gasteiger charge is 2.32. The van der Waals surface area contributed by atoms with Crippen LogP contribution in [0.25, 0.3) is 10.2 Å². The number of hydrogen-bond acceptors (Lipinski definition) is 8. The summed E-state index contributed by atoms with van der Waals surface area (Å²) in [4.78, 5) is 17.2. The molecule has 1 aliphatic heterocycles. The van der Waals surface area contributed by atoms with Crippen molar-refractivity contribution in [2.24, 2.45) is 0 Å². The van der Waals surface area contributed by atoms with Gasteiger partial charge in [-0.3, -0.25) is 15.6 Å². The second kappa shape index (κ2) is 9.26. The van der Waals surface area contributed by atoms with Crippen molar-refractivity contribution < 1.29 is 22.7 Å². The topological polar surface area (TPSA) is 110 Å². The zero-order valence-corrected chi connectivity index (χ0v) is 20.4. The van der Waals surface area contributed by atoms with Crippen LogP contribution in [0.15, 0.2) is 41.3 Å². The highest BCUT2D eigenvalue weighted by molar-refractivity contribution is 7.89. The van der Waals surface area contributed by atoms with Gasteiger partial charge in [0.25, 0.3) is 5.91 Å². The first-order valence-electron chi connectivity index (χ1n) is 10.4. The van der Waals surface area contributed by atoms with E-state index < -0.39 is 15.9 Å². The van der Waals surface area contributed by atoms with Crippen LogP contribution >= 0.6 is 11.3 Å². The van der Waals surface area contributed by atoms with Gasteiger partial charge < -0.3 is 9.47 Å². The van der Waals surface area contributed by atoms with Gasteiger partial charge in [-0.2, -0.15) is 4.31 Å². The van der Waals surface area contributed by atoms with Crippen molar-refractivity contribution in [3.63, 3.8) is 0 Å². The molecular weight excluding hydrogens is 464 g/mol. The summed E-state index contributed by atoms with van der Waals surface area (Å²) >= 11 is 1.40. The van der Waals surface area contributed by atoms with E-state index in [4.69, 9.17) is 9.47 Å². The lowest BCUT2D eigenvalue weighted by Crippen LogP contribution is -2.48. The molecule has 2 N–H and O–H groups in total. The van der Waals surface area contributed by atoms with Gasteiger partial charge in [0.05, 0.1) is 28.9 Å². The molecule has 1 aromatic heterocycles. The molecule has 11 heteroatoms. The molecule has 1 aliphatic rings. The molecule has 1 amide bonds. The number of hydrogen-bond donors (Lipinski definition) is 2. The van der Waals surface area contributed by atoms with Gasteiger partial charge in [0.1, 0.15) is 11.3 Å². The number of aryl methyl sites for hydroxylation is 1. The van der Waals surface area contributed by atoms with Crippen LogP contribution in [0.5, 0.6) is 5.75 Å². The van der Waals surface area contributed by atoms with Gasteiger partial charge in [-0.15, -0.1) is 0 Å². The number of carbonyl (C=O) groups excluding carboxylic acids is 1. The van der Waals surface area contributed by atoms with Gasteiger partial charge in [-0.05, 0) is 56.7 Å². The van der Waals surface area contributed by atoms with Crippen LogP contribution in [0.1, 0.15) is 29.8 Å². The summed E-state index contributed by atoms with van der Waals surface area (Å²) in [6.07, 6.45) is -0.350. The number of nitrogens with one attached hydrogen (secondary N) is 2. The van der Waals surface area contributed by atoms with Crippen molar-refractivity contribution in [3.05, 3.63) is 47.5 Å². The maximum absolute atomic E-state index is 13.0. The van der Waals surface area contributed by atoms with E-state index in [0.29, 0.717) is 29.5 Å². The predicted molar refractivity (Wildman–Crippen MR) is 127 cm³/mol. The van der Waals surface area contributed by atoms with E-state index in [0.717, 1.165) is 15.8 Å². The Morgan fingerprint density at radius 2 is 1.82 bits per heavy atom. The Bertz CT molecular complexity index is 1260. The van der Waals surface area contributed by atoms with Crippen molar-refractivity contribution in [1.29, 1.82) is 0 Å². The SMILES string of the molecule is COc1ccc(C)c2sc(NNC(=O)c3ccc(S(=O)(=O)N4CC(C)OC(C)C4)cc3)nc12. The summed E-state index contributed by atoms with van der Waals surface area (Å²) < 4.78 is 39.3. The smallest absolute Gasteiger partial charge is 0.269 e. The Morgan fingerprint density at radius 3 is 2.45 bits per heavy atom. The first kappa shape index (κ1) is 23.4. The molecule has 33 heavy (non-hydrogen) atoms. The summed E-state index contributed by atoms with van der Waals surface area (Å²) in [5.41, 5.74) is 7.54. The predicted octanol–water partition coefficient (Wildman–Crippen LogP) is 3.17. The maximum Gasteiger partial charge on any atom is 0.269 e. The van der Waals surface area contributed by atoms with Gasteiger partial charge in [-0.25, -0.2) is 13.4 Å². The first-order valence-corrected chi connectivity index (χ1v) is 12.7. The third-order valence-corrected chi connectivity index (χ3v) is 8.30. The number of thiazole rings is 1. The van der Waals surface area contributed by atoms with Crippen molar-refractivity contribution in [3.8, 4) is 5.75 Å². The normalized spacial score (nSPS) is 19.4. The molecule has 0 aliphatic carbocycles. The fourth-order valence-corrected chi connectivity index (χ4v) is 6.26. The largest absolute Gasteiger partial charge is 0.494 e. The van der Waals surface area contributed by atoms with Crippen LogP contribution < -0.4 is 15.6 Å². The lowest BCUT2D eigenvalue weighted by molar-refractivity contribution is -0.0440. The van der Waals surface area contributed by atoms with Gasteiger partial charge in [-0.1, -0.05) is 17.4 Å². The number of morpholine rings is 1. The fraction of sp³-hybridized carbons (Fsp3) is 0.364. The minimum absolute atomic E-state index is 0.141. The second-order valence-electron chi connectivity index (χ2n) is 7.96. The Kier molecular flexibility index (Phi) is 6.57. The summed E-state index contributed by atoms with van der Waals surface area (Å²) in [7, 11) is -2.08. The lowest BCUT2D eigenvalue weighted by atomic mass is 10.2. The quantitative estimate of drug-likeness (QED) is 0.511. The van der Waals surface area contributed by atoms with Crippen LogP contribution in [-0.4, -0.2) is 56.0 Å². The minimum Gasteiger partial charge on any atom is -0.494 e. The molecule has 9 nitrogen and oxygen atoms in total. The van der Waals surface area contributed by atoms with Gasteiger partial charge >= 0.3 is 0 Å². The number of ether oxygens (including phenoxy) is 2. The molecule has 2 aromatic carbocycles. The molecule has 0 spiro atoms. The molecule has 0 bridgehead atoms. The number of nitrogens with zero attached hydrogens (tertiary/aromatic N) is 2.